The number of aromatic nitrogens is 2. The fourth-order valence-corrected chi connectivity index (χ4v) is 2.91. The summed E-state index contributed by atoms with van der Waals surface area (Å²) in [5.41, 5.74) is -1.89. The molecule has 0 aromatic carbocycles. The summed E-state index contributed by atoms with van der Waals surface area (Å²) in [7, 11) is 1.47. The molecule has 0 radical (unpaired) electrons. The zero-order valence-corrected chi connectivity index (χ0v) is 15.9. The van der Waals surface area contributed by atoms with Crippen molar-refractivity contribution in [2.24, 2.45) is 4.99 Å². The third kappa shape index (κ3) is 7.07. The summed E-state index contributed by atoms with van der Waals surface area (Å²) in [5, 5.41) is 6.96. The van der Waals surface area contributed by atoms with Gasteiger partial charge >= 0.3 is 12.4 Å². The van der Waals surface area contributed by atoms with Crippen LogP contribution in [0.2, 0.25) is 0 Å². The van der Waals surface area contributed by atoms with Gasteiger partial charge in [0.1, 0.15) is 12.2 Å². The highest BCUT2D eigenvalue weighted by molar-refractivity contribution is 7.09. The number of hydrogen-bond acceptors (Lipinski definition) is 5. The Bertz CT molecular complexity index is 821. The Labute approximate surface area is 166 Å². The number of rotatable bonds is 7. The van der Waals surface area contributed by atoms with Crippen molar-refractivity contribution in [2.75, 3.05) is 26.7 Å². The van der Waals surface area contributed by atoms with Gasteiger partial charge in [-0.3, -0.25) is 4.99 Å². The van der Waals surface area contributed by atoms with Crippen molar-refractivity contribution < 1.29 is 31.1 Å². The summed E-state index contributed by atoms with van der Waals surface area (Å²) >= 11 is 0.908. The van der Waals surface area contributed by atoms with Crippen LogP contribution in [0.3, 0.4) is 0 Å². The van der Waals surface area contributed by atoms with Gasteiger partial charge in [0, 0.05) is 31.6 Å². The van der Waals surface area contributed by atoms with Crippen LogP contribution in [0.5, 0.6) is 5.88 Å². The third-order valence-corrected chi connectivity index (χ3v) is 4.32. The van der Waals surface area contributed by atoms with Crippen LogP contribution in [0.1, 0.15) is 16.3 Å². The Balaban J connectivity index is 1.74. The van der Waals surface area contributed by atoms with Crippen molar-refractivity contribution in [3.8, 4) is 5.88 Å². The number of guanidine groups is 1. The number of nitrogens with one attached hydrogen (secondary N) is 2. The van der Waals surface area contributed by atoms with Gasteiger partial charge in [0.15, 0.2) is 11.7 Å². The number of pyridine rings is 1. The maximum Gasteiger partial charge on any atom is 0.434 e. The first-order chi connectivity index (χ1) is 13.6. The molecule has 2 rings (SSSR count). The van der Waals surface area contributed by atoms with Crippen molar-refractivity contribution in [3.63, 3.8) is 0 Å². The van der Waals surface area contributed by atoms with Gasteiger partial charge in [0.05, 0.1) is 11.6 Å². The second-order valence-corrected chi connectivity index (χ2v) is 6.45. The molecule has 2 aromatic heterocycles. The lowest BCUT2D eigenvalue weighted by atomic mass is 10.2. The fourth-order valence-electron chi connectivity index (χ4n) is 2.10. The number of nitrogens with zero attached hydrogens (tertiary/aromatic N) is 3. The van der Waals surface area contributed by atoms with E-state index >= 15 is 0 Å². The van der Waals surface area contributed by atoms with Gasteiger partial charge in [-0.15, -0.1) is 11.3 Å². The lowest BCUT2D eigenvalue weighted by molar-refractivity contribution is -0.141. The van der Waals surface area contributed by atoms with Crippen LogP contribution >= 0.6 is 11.3 Å². The molecule has 160 valence electrons. The van der Waals surface area contributed by atoms with E-state index in [2.05, 4.69) is 25.6 Å². The minimum atomic E-state index is -4.57. The largest absolute Gasteiger partial charge is 0.475 e. The molecule has 0 aliphatic carbocycles. The van der Waals surface area contributed by atoms with Gasteiger partial charge in [-0.2, -0.15) is 26.3 Å². The maximum absolute atomic E-state index is 12.9. The number of alkyl halides is 6. The Morgan fingerprint density at radius 3 is 2.48 bits per heavy atom. The standard InChI is InChI=1S/C16H17F6N5OS/c1-23-14(25-6-4-12-27-11(9-29-12)16(20,21)22)26-7-8-28-13-10(15(17,18)19)3-2-5-24-13/h2-3,5,9H,4,6-8H2,1H3,(H2,23,25,26). The number of halogens is 6. The molecule has 29 heavy (non-hydrogen) atoms. The van der Waals surface area contributed by atoms with Gasteiger partial charge in [-0.25, -0.2) is 9.97 Å². The van der Waals surface area contributed by atoms with E-state index in [0.717, 1.165) is 22.8 Å². The molecule has 0 bridgehead atoms. The molecular weight excluding hydrogens is 424 g/mol. The lowest BCUT2D eigenvalue weighted by Crippen LogP contribution is -2.40. The van der Waals surface area contributed by atoms with E-state index in [1.54, 1.807) is 0 Å². The fraction of sp³-hybridized carbons (Fsp3) is 0.438. The molecule has 0 atom stereocenters. The highest BCUT2D eigenvalue weighted by Gasteiger charge is 2.35. The zero-order chi connectivity index (χ0) is 21.5. The molecule has 0 amide bonds. The van der Waals surface area contributed by atoms with Crippen LogP contribution in [0.4, 0.5) is 26.3 Å². The molecule has 13 heteroatoms. The first kappa shape index (κ1) is 22.7. The molecule has 0 unspecified atom stereocenters. The molecule has 0 aliphatic rings. The molecule has 0 spiro atoms. The SMILES string of the molecule is CN=C(NCCOc1ncccc1C(F)(F)F)NCCc1nc(C(F)(F)F)cs1. The molecule has 2 N–H and O–H groups in total. The Kier molecular flexibility index (Phi) is 7.65. The Morgan fingerprint density at radius 1 is 1.14 bits per heavy atom. The van der Waals surface area contributed by atoms with Gasteiger partial charge in [-0.05, 0) is 12.1 Å². The van der Waals surface area contributed by atoms with Crippen LogP contribution < -0.4 is 15.4 Å². The van der Waals surface area contributed by atoms with Gasteiger partial charge in [0.25, 0.3) is 0 Å². The number of ether oxygens (including phenoxy) is 1. The van der Waals surface area contributed by atoms with Gasteiger partial charge in [0.2, 0.25) is 5.88 Å². The van der Waals surface area contributed by atoms with E-state index in [1.165, 1.54) is 19.3 Å². The van der Waals surface area contributed by atoms with Crippen molar-refractivity contribution >= 4 is 17.3 Å². The van der Waals surface area contributed by atoms with E-state index in [0.29, 0.717) is 11.0 Å². The molecule has 2 heterocycles. The summed E-state index contributed by atoms with van der Waals surface area (Å²) in [4.78, 5) is 11.0. The van der Waals surface area contributed by atoms with Crippen LogP contribution in [-0.4, -0.2) is 42.7 Å². The third-order valence-electron chi connectivity index (χ3n) is 3.41. The molecular formula is C16H17F6N5OS. The predicted molar refractivity (Wildman–Crippen MR) is 94.9 cm³/mol. The lowest BCUT2D eigenvalue weighted by Gasteiger charge is -2.14. The van der Waals surface area contributed by atoms with E-state index < -0.39 is 29.5 Å². The highest BCUT2D eigenvalue weighted by atomic mass is 32.1. The van der Waals surface area contributed by atoms with Crippen molar-refractivity contribution in [2.45, 2.75) is 18.8 Å². The topological polar surface area (TPSA) is 71.4 Å². The highest BCUT2D eigenvalue weighted by Crippen LogP contribution is 2.34. The number of thiazole rings is 1. The molecule has 2 aromatic rings. The second-order valence-electron chi connectivity index (χ2n) is 5.50. The summed E-state index contributed by atoms with van der Waals surface area (Å²) in [6.07, 6.45) is -7.60. The first-order valence-electron chi connectivity index (χ1n) is 8.22. The van der Waals surface area contributed by atoms with Gasteiger partial charge < -0.3 is 15.4 Å². The van der Waals surface area contributed by atoms with Crippen molar-refractivity contribution in [3.05, 3.63) is 40.0 Å². The maximum atomic E-state index is 12.9. The summed E-state index contributed by atoms with van der Waals surface area (Å²) in [6, 6.07) is 2.04. The first-order valence-corrected chi connectivity index (χ1v) is 9.10. The van der Waals surface area contributed by atoms with Crippen LogP contribution in [0.25, 0.3) is 0 Å². The van der Waals surface area contributed by atoms with Crippen LogP contribution in [0, 0.1) is 0 Å². The minimum Gasteiger partial charge on any atom is -0.475 e. The quantitative estimate of drug-likeness (QED) is 0.299. The minimum absolute atomic E-state index is 0.109. The number of hydrogen-bond donors (Lipinski definition) is 2. The molecule has 0 aliphatic heterocycles. The van der Waals surface area contributed by atoms with Crippen LogP contribution in [0.15, 0.2) is 28.7 Å². The average Bonchev–Trinajstić information content (AvgIpc) is 3.12. The smallest absolute Gasteiger partial charge is 0.434 e. The van der Waals surface area contributed by atoms with Crippen LogP contribution in [-0.2, 0) is 18.8 Å². The van der Waals surface area contributed by atoms with Crippen molar-refractivity contribution in [1.82, 2.24) is 20.6 Å². The summed E-state index contributed by atoms with van der Waals surface area (Å²) < 4.78 is 81.2. The van der Waals surface area contributed by atoms with E-state index in [-0.39, 0.29) is 26.1 Å². The molecule has 6 nitrogen and oxygen atoms in total. The monoisotopic (exact) mass is 441 g/mol. The summed E-state index contributed by atoms with van der Waals surface area (Å²) in [5.74, 6) is -0.202. The van der Waals surface area contributed by atoms with Gasteiger partial charge in [-0.1, -0.05) is 0 Å². The van der Waals surface area contributed by atoms with E-state index in [4.69, 9.17) is 4.74 Å². The normalized spacial score (nSPS) is 12.7. The molecule has 0 saturated carbocycles. The van der Waals surface area contributed by atoms with E-state index in [1.807, 2.05) is 0 Å². The average molecular weight is 441 g/mol. The Morgan fingerprint density at radius 2 is 1.86 bits per heavy atom. The summed E-state index contributed by atoms with van der Waals surface area (Å²) in [6.45, 7) is 0.287. The van der Waals surface area contributed by atoms with Crippen molar-refractivity contribution in [1.29, 1.82) is 0 Å². The second kappa shape index (κ2) is 9.76. The zero-order valence-electron chi connectivity index (χ0n) is 15.1. The number of aliphatic imine (C=N–C) groups is 1. The Hall–Kier alpha value is -2.57. The predicted octanol–water partition coefficient (Wildman–Crippen LogP) is 3.36. The molecule has 0 saturated heterocycles. The van der Waals surface area contributed by atoms with E-state index in [9.17, 15) is 26.3 Å². The molecule has 0 fully saturated rings.